The highest BCUT2D eigenvalue weighted by atomic mass is 19.3. The molecule has 0 radical (unpaired) electrons. The van der Waals surface area contributed by atoms with Crippen LogP contribution in [0.2, 0.25) is 0 Å². The Morgan fingerprint density at radius 2 is 1.88 bits per heavy atom. The van der Waals surface area contributed by atoms with E-state index >= 15 is 0 Å². The fourth-order valence-corrected chi connectivity index (χ4v) is 3.79. The largest absolute Gasteiger partial charge is 0.465 e. The number of benzene rings is 2. The van der Waals surface area contributed by atoms with E-state index in [0.717, 1.165) is 5.56 Å². The maximum absolute atomic E-state index is 12.7. The number of amides is 1. The lowest BCUT2D eigenvalue weighted by Gasteiger charge is -2.19. The van der Waals surface area contributed by atoms with E-state index in [1.807, 2.05) is 6.92 Å². The number of esters is 1. The molecule has 0 bridgehead atoms. The number of carbonyl (C=O) groups is 2. The average molecular weight is 467 g/mol. The van der Waals surface area contributed by atoms with E-state index < -0.39 is 12.4 Å². The van der Waals surface area contributed by atoms with Crippen molar-refractivity contribution in [3.8, 4) is 22.8 Å². The molecule has 2 heterocycles. The quantitative estimate of drug-likeness (QED) is 0.454. The summed E-state index contributed by atoms with van der Waals surface area (Å²) >= 11 is 0. The maximum atomic E-state index is 12.7. The van der Waals surface area contributed by atoms with Gasteiger partial charge in [-0.3, -0.25) is 4.79 Å². The van der Waals surface area contributed by atoms with Crippen LogP contribution in [0.3, 0.4) is 0 Å². The predicted molar refractivity (Wildman–Crippen MR) is 119 cm³/mol. The fraction of sp³-hybridized carbons (Fsp3) is 0.280. The standard InChI is InChI=1S/C25H23F2N3O4/c1-15-11-23(31)30(13-15)14-18-4-3-17(25(32)33-2)12-22(18)34-19-7-5-16(6-8-19)20-9-10-21(24(26)27)29-28-20/h3-10,12,15,24H,11,13-14H2,1-2H3. The second kappa shape index (κ2) is 9.94. The smallest absolute Gasteiger partial charge is 0.337 e. The van der Waals surface area contributed by atoms with Gasteiger partial charge in [0, 0.05) is 30.6 Å². The summed E-state index contributed by atoms with van der Waals surface area (Å²) in [6.45, 7) is 3.06. The van der Waals surface area contributed by atoms with Crippen molar-refractivity contribution in [2.24, 2.45) is 5.92 Å². The average Bonchev–Trinajstić information content (AvgIpc) is 3.16. The third-order valence-electron chi connectivity index (χ3n) is 5.54. The minimum Gasteiger partial charge on any atom is -0.465 e. The lowest BCUT2D eigenvalue weighted by Crippen LogP contribution is -2.24. The Kier molecular flexibility index (Phi) is 6.81. The zero-order chi connectivity index (χ0) is 24.2. The molecule has 1 atom stereocenters. The van der Waals surface area contributed by atoms with Crippen molar-refractivity contribution in [1.29, 1.82) is 0 Å². The zero-order valence-corrected chi connectivity index (χ0v) is 18.7. The number of alkyl halides is 2. The number of methoxy groups -OCH3 is 1. The number of rotatable bonds is 7. The molecular formula is C25H23F2N3O4. The van der Waals surface area contributed by atoms with Gasteiger partial charge in [0.15, 0.2) is 0 Å². The van der Waals surface area contributed by atoms with Gasteiger partial charge in [-0.2, -0.15) is 5.10 Å². The Labute approximate surface area is 195 Å². The zero-order valence-electron chi connectivity index (χ0n) is 18.7. The minimum absolute atomic E-state index is 0.0822. The number of halogens is 2. The normalized spacial score (nSPS) is 15.6. The SMILES string of the molecule is COC(=O)c1ccc(CN2CC(C)CC2=O)c(Oc2ccc(-c3ccc(C(F)F)nn3)cc2)c1. The molecule has 1 saturated heterocycles. The molecule has 176 valence electrons. The third kappa shape index (κ3) is 5.19. The molecular weight excluding hydrogens is 444 g/mol. The van der Waals surface area contributed by atoms with E-state index in [1.54, 1.807) is 47.4 Å². The number of carbonyl (C=O) groups excluding carboxylic acids is 2. The molecule has 4 rings (SSSR count). The van der Waals surface area contributed by atoms with Crippen LogP contribution >= 0.6 is 0 Å². The Balaban J connectivity index is 1.57. The van der Waals surface area contributed by atoms with Gasteiger partial charge in [-0.15, -0.1) is 5.10 Å². The molecule has 0 saturated carbocycles. The topological polar surface area (TPSA) is 81.6 Å². The van der Waals surface area contributed by atoms with Crippen molar-refractivity contribution in [3.63, 3.8) is 0 Å². The molecule has 0 N–H and O–H groups in total. The Hall–Kier alpha value is -3.88. The van der Waals surface area contributed by atoms with Gasteiger partial charge in [0.2, 0.25) is 5.91 Å². The summed E-state index contributed by atoms with van der Waals surface area (Å²) in [5.41, 5.74) is 1.83. The Bertz CT molecular complexity index is 1180. The van der Waals surface area contributed by atoms with Gasteiger partial charge in [-0.25, -0.2) is 13.6 Å². The molecule has 34 heavy (non-hydrogen) atoms. The van der Waals surface area contributed by atoms with E-state index in [9.17, 15) is 18.4 Å². The molecule has 9 heteroatoms. The molecule has 1 unspecified atom stereocenters. The maximum Gasteiger partial charge on any atom is 0.337 e. The van der Waals surface area contributed by atoms with Gasteiger partial charge < -0.3 is 14.4 Å². The number of hydrogen-bond donors (Lipinski definition) is 0. The van der Waals surface area contributed by atoms with Gasteiger partial charge in [0.05, 0.1) is 18.4 Å². The Morgan fingerprint density at radius 3 is 2.47 bits per heavy atom. The van der Waals surface area contributed by atoms with Crippen LogP contribution < -0.4 is 4.74 Å². The molecule has 1 fully saturated rings. The van der Waals surface area contributed by atoms with E-state index in [2.05, 4.69) is 10.2 Å². The number of hydrogen-bond acceptors (Lipinski definition) is 6. The van der Waals surface area contributed by atoms with E-state index in [0.29, 0.717) is 47.8 Å². The Morgan fingerprint density at radius 1 is 1.12 bits per heavy atom. The summed E-state index contributed by atoms with van der Waals surface area (Å²) in [6, 6.07) is 14.6. The third-order valence-corrected chi connectivity index (χ3v) is 5.54. The highest BCUT2D eigenvalue weighted by Crippen LogP contribution is 2.31. The van der Waals surface area contributed by atoms with Gasteiger partial charge in [-0.05, 0) is 54.4 Å². The van der Waals surface area contributed by atoms with Gasteiger partial charge in [-0.1, -0.05) is 13.0 Å². The molecule has 3 aromatic rings. The van der Waals surface area contributed by atoms with Crippen LogP contribution in [-0.2, 0) is 16.1 Å². The number of ether oxygens (including phenoxy) is 2. The first-order valence-corrected chi connectivity index (χ1v) is 10.7. The second-order valence-electron chi connectivity index (χ2n) is 8.17. The molecule has 2 aromatic carbocycles. The van der Waals surface area contributed by atoms with Crippen LogP contribution in [0.15, 0.2) is 54.6 Å². The van der Waals surface area contributed by atoms with Crippen LogP contribution in [0.5, 0.6) is 11.5 Å². The molecule has 7 nitrogen and oxygen atoms in total. The van der Waals surface area contributed by atoms with Crippen LogP contribution in [0.25, 0.3) is 11.3 Å². The highest BCUT2D eigenvalue weighted by Gasteiger charge is 2.27. The molecule has 0 spiro atoms. The summed E-state index contributed by atoms with van der Waals surface area (Å²) in [4.78, 5) is 26.1. The first-order chi connectivity index (χ1) is 16.3. The van der Waals surface area contributed by atoms with Crippen molar-refractivity contribution in [2.45, 2.75) is 26.3 Å². The lowest BCUT2D eigenvalue weighted by atomic mass is 10.1. The van der Waals surface area contributed by atoms with Crippen LogP contribution in [-0.4, -0.2) is 40.6 Å². The van der Waals surface area contributed by atoms with E-state index in [-0.39, 0.29) is 17.5 Å². The molecule has 0 aliphatic carbocycles. The minimum atomic E-state index is -2.67. The fourth-order valence-electron chi connectivity index (χ4n) is 3.79. The van der Waals surface area contributed by atoms with Crippen molar-refractivity contribution in [1.82, 2.24) is 15.1 Å². The summed E-state index contributed by atoms with van der Waals surface area (Å²) in [5.74, 6) is 0.799. The van der Waals surface area contributed by atoms with Crippen LogP contribution in [0.1, 0.15) is 41.4 Å². The van der Waals surface area contributed by atoms with Crippen molar-refractivity contribution in [3.05, 3.63) is 71.4 Å². The van der Waals surface area contributed by atoms with Gasteiger partial charge >= 0.3 is 5.97 Å². The van der Waals surface area contributed by atoms with E-state index in [1.165, 1.54) is 19.2 Å². The van der Waals surface area contributed by atoms with Crippen molar-refractivity contribution in [2.75, 3.05) is 13.7 Å². The van der Waals surface area contributed by atoms with Gasteiger partial charge in [0.25, 0.3) is 6.43 Å². The molecule has 1 aliphatic heterocycles. The van der Waals surface area contributed by atoms with Crippen LogP contribution in [0.4, 0.5) is 8.78 Å². The monoisotopic (exact) mass is 467 g/mol. The first-order valence-electron chi connectivity index (χ1n) is 10.7. The summed E-state index contributed by atoms with van der Waals surface area (Å²) < 4.78 is 36.3. The lowest BCUT2D eigenvalue weighted by molar-refractivity contribution is -0.128. The van der Waals surface area contributed by atoms with Crippen molar-refractivity contribution < 1.29 is 27.8 Å². The number of likely N-dealkylation sites (tertiary alicyclic amines) is 1. The summed E-state index contributed by atoms with van der Waals surface area (Å²) in [5, 5.41) is 7.39. The van der Waals surface area contributed by atoms with Crippen LogP contribution in [0, 0.1) is 5.92 Å². The van der Waals surface area contributed by atoms with Gasteiger partial charge in [0.1, 0.15) is 17.2 Å². The molecule has 1 amide bonds. The number of nitrogens with zero attached hydrogens (tertiary/aromatic N) is 3. The van der Waals surface area contributed by atoms with E-state index in [4.69, 9.17) is 9.47 Å². The summed E-state index contributed by atoms with van der Waals surface area (Å²) in [6.07, 6.45) is -2.16. The van der Waals surface area contributed by atoms with Crippen molar-refractivity contribution >= 4 is 11.9 Å². The number of aromatic nitrogens is 2. The molecule has 1 aliphatic rings. The molecule has 1 aromatic heterocycles. The first kappa shape index (κ1) is 23.3. The second-order valence-corrected chi connectivity index (χ2v) is 8.17. The highest BCUT2D eigenvalue weighted by molar-refractivity contribution is 5.90. The summed E-state index contributed by atoms with van der Waals surface area (Å²) in [7, 11) is 1.30. The predicted octanol–water partition coefficient (Wildman–Crippen LogP) is 5.03.